The predicted octanol–water partition coefficient (Wildman–Crippen LogP) is 2.14. The number of methoxy groups -OCH3 is 1. The summed E-state index contributed by atoms with van der Waals surface area (Å²) in [5, 5.41) is 0. The molecule has 1 aliphatic carbocycles. The highest BCUT2D eigenvalue weighted by atomic mass is 16.5. The molecule has 0 unspecified atom stereocenters. The van der Waals surface area contributed by atoms with Gasteiger partial charge in [-0.25, -0.2) is 0 Å². The molecule has 1 aliphatic rings. The number of ether oxygens (including phenoxy) is 1. The summed E-state index contributed by atoms with van der Waals surface area (Å²) in [5.41, 5.74) is 4.22. The summed E-state index contributed by atoms with van der Waals surface area (Å²) in [5.74, 6) is 0.882. The van der Waals surface area contributed by atoms with Gasteiger partial charge in [0.2, 0.25) is 0 Å². The summed E-state index contributed by atoms with van der Waals surface area (Å²) in [6.07, 6.45) is 3.54. The van der Waals surface area contributed by atoms with E-state index in [0.717, 1.165) is 34.3 Å². The van der Waals surface area contributed by atoms with Crippen LogP contribution in [-0.4, -0.2) is 13.4 Å². The van der Waals surface area contributed by atoms with Crippen LogP contribution in [0.15, 0.2) is 17.7 Å². The Balaban J connectivity index is 2.53. The van der Waals surface area contributed by atoms with Gasteiger partial charge in [0.05, 0.1) is 7.11 Å². The molecule has 0 heterocycles. The fourth-order valence-corrected chi connectivity index (χ4v) is 1.84. The molecule has 0 N–H and O–H groups in total. The van der Waals surface area contributed by atoms with Crippen LogP contribution >= 0.6 is 0 Å². The third-order valence-electron chi connectivity index (χ3n) is 2.48. The van der Waals surface area contributed by atoms with Gasteiger partial charge in [0.25, 0.3) is 0 Å². The van der Waals surface area contributed by atoms with Crippen molar-refractivity contribution in [3.63, 3.8) is 0 Å². The minimum Gasteiger partial charge on any atom is -0.496 e. The smallest absolute Gasteiger partial charge is 0.146 e. The van der Waals surface area contributed by atoms with Gasteiger partial charge in [0, 0.05) is 12.0 Å². The van der Waals surface area contributed by atoms with Gasteiger partial charge in [0.15, 0.2) is 0 Å². The van der Waals surface area contributed by atoms with E-state index >= 15 is 0 Å². The molecule has 0 amide bonds. The first-order valence-corrected chi connectivity index (χ1v) is 4.58. The third kappa shape index (κ3) is 1.33. The zero-order valence-corrected chi connectivity index (χ0v) is 8.33. The largest absolute Gasteiger partial charge is 0.496 e. The van der Waals surface area contributed by atoms with Gasteiger partial charge in [0.1, 0.15) is 12.0 Å². The molecule has 1 aromatic carbocycles. The van der Waals surface area contributed by atoms with Crippen molar-refractivity contribution in [3.8, 4) is 5.75 Å². The summed E-state index contributed by atoms with van der Waals surface area (Å²) in [7, 11) is 1.66. The maximum absolute atomic E-state index is 10.7. The minimum atomic E-state index is 0.697. The number of carbonyl (C=O) groups is 1. The van der Waals surface area contributed by atoms with E-state index in [1.54, 1.807) is 7.11 Å². The maximum atomic E-state index is 10.7. The van der Waals surface area contributed by atoms with Gasteiger partial charge in [-0.05, 0) is 35.8 Å². The summed E-state index contributed by atoms with van der Waals surface area (Å²) >= 11 is 0. The Morgan fingerprint density at radius 3 is 2.86 bits per heavy atom. The average Bonchev–Trinajstić information content (AvgIpc) is 2.59. The number of aldehydes is 1. The van der Waals surface area contributed by atoms with Crippen LogP contribution in [0.1, 0.15) is 16.7 Å². The molecule has 1 aromatic rings. The van der Waals surface area contributed by atoms with Gasteiger partial charge in [-0.3, -0.25) is 4.79 Å². The molecular weight excluding hydrogens is 176 g/mol. The topological polar surface area (TPSA) is 26.3 Å². The Morgan fingerprint density at radius 2 is 2.21 bits per heavy atom. The zero-order chi connectivity index (χ0) is 10.1. The first kappa shape index (κ1) is 9.00. The lowest BCUT2D eigenvalue weighted by Crippen LogP contribution is -1.93. The lowest BCUT2D eigenvalue weighted by Gasteiger charge is -2.08. The summed E-state index contributed by atoms with van der Waals surface area (Å²) in [6, 6.07) is 4.08. The number of fused-ring (bicyclic) bond motifs is 1. The number of allylic oxidation sites excluding steroid dienone is 1. The molecule has 0 bridgehead atoms. The van der Waals surface area contributed by atoms with Gasteiger partial charge in [-0.2, -0.15) is 0 Å². The molecule has 0 saturated carbocycles. The van der Waals surface area contributed by atoms with Gasteiger partial charge < -0.3 is 4.74 Å². The second-order valence-corrected chi connectivity index (χ2v) is 3.55. The summed E-state index contributed by atoms with van der Waals surface area (Å²) < 4.78 is 5.28. The Kier molecular flexibility index (Phi) is 2.12. The Hall–Kier alpha value is -1.57. The van der Waals surface area contributed by atoms with E-state index in [2.05, 4.69) is 6.07 Å². The van der Waals surface area contributed by atoms with Gasteiger partial charge in [-0.1, -0.05) is 6.07 Å². The average molecular weight is 188 g/mol. The molecule has 0 aromatic heterocycles. The van der Waals surface area contributed by atoms with E-state index < -0.39 is 0 Å². The SMILES string of the molecule is COc1cc(C)cc2c1CC(C=O)=C2. The molecule has 72 valence electrons. The maximum Gasteiger partial charge on any atom is 0.146 e. The number of benzene rings is 1. The van der Waals surface area contributed by atoms with Crippen LogP contribution < -0.4 is 4.74 Å². The van der Waals surface area contributed by atoms with Crippen LogP contribution in [-0.2, 0) is 11.2 Å². The number of carbonyl (C=O) groups excluding carboxylic acids is 1. The Bertz CT molecular complexity index is 417. The molecule has 14 heavy (non-hydrogen) atoms. The van der Waals surface area contributed by atoms with Crippen LogP contribution in [0.5, 0.6) is 5.75 Å². The monoisotopic (exact) mass is 188 g/mol. The first-order valence-electron chi connectivity index (χ1n) is 4.58. The molecule has 2 heteroatoms. The predicted molar refractivity (Wildman–Crippen MR) is 55.5 cm³/mol. The molecule has 0 saturated heterocycles. The standard InChI is InChI=1S/C12H12O2/c1-8-3-10-5-9(7-13)6-11(10)12(4-8)14-2/h3-5,7H,6H2,1-2H3. The quantitative estimate of drug-likeness (QED) is 0.665. The van der Waals surface area contributed by atoms with Crippen molar-refractivity contribution in [3.05, 3.63) is 34.4 Å². The normalized spacial score (nSPS) is 13.4. The number of aryl methyl sites for hydroxylation is 1. The van der Waals surface area contributed by atoms with Crippen molar-refractivity contribution in [2.24, 2.45) is 0 Å². The van der Waals surface area contributed by atoms with Crippen molar-refractivity contribution in [1.82, 2.24) is 0 Å². The lowest BCUT2D eigenvalue weighted by atomic mass is 10.1. The fraction of sp³-hybridized carbons (Fsp3) is 0.250. The molecule has 0 radical (unpaired) electrons. The van der Waals surface area contributed by atoms with Crippen LogP contribution in [0.25, 0.3) is 6.08 Å². The molecule has 0 aliphatic heterocycles. The van der Waals surface area contributed by atoms with E-state index in [4.69, 9.17) is 4.74 Å². The van der Waals surface area contributed by atoms with Crippen molar-refractivity contribution in [1.29, 1.82) is 0 Å². The Morgan fingerprint density at radius 1 is 1.43 bits per heavy atom. The Labute approximate surface area is 83.2 Å². The third-order valence-corrected chi connectivity index (χ3v) is 2.48. The number of hydrogen-bond acceptors (Lipinski definition) is 2. The number of rotatable bonds is 2. The van der Waals surface area contributed by atoms with E-state index in [9.17, 15) is 4.79 Å². The summed E-state index contributed by atoms with van der Waals surface area (Å²) in [6.45, 7) is 2.02. The van der Waals surface area contributed by atoms with Crippen LogP contribution in [0, 0.1) is 6.92 Å². The second kappa shape index (κ2) is 3.29. The van der Waals surface area contributed by atoms with E-state index in [0.29, 0.717) is 6.42 Å². The number of hydrogen-bond donors (Lipinski definition) is 0. The highest BCUT2D eigenvalue weighted by Crippen LogP contribution is 2.32. The van der Waals surface area contributed by atoms with Crippen molar-refractivity contribution < 1.29 is 9.53 Å². The summed E-state index contributed by atoms with van der Waals surface area (Å²) in [4.78, 5) is 10.7. The van der Waals surface area contributed by atoms with E-state index in [1.165, 1.54) is 0 Å². The fourth-order valence-electron chi connectivity index (χ4n) is 1.84. The van der Waals surface area contributed by atoms with Gasteiger partial charge >= 0.3 is 0 Å². The van der Waals surface area contributed by atoms with Crippen LogP contribution in [0.3, 0.4) is 0 Å². The highest BCUT2D eigenvalue weighted by molar-refractivity contribution is 5.87. The zero-order valence-electron chi connectivity index (χ0n) is 8.33. The molecule has 0 fully saturated rings. The van der Waals surface area contributed by atoms with Crippen LogP contribution in [0.4, 0.5) is 0 Å². The second-order valence-electron chi connectivity index (χ2n) is 3.55. The van der Waals surface area contributed by atoms with Crippen molar-refractivity contribution in [2.75, 3.05) is 7.11 Å². The highest BCUT2D eigenvalue weighted by Gasteiger charge is 2.16. The first-order chi connectivity index (χ1) is 6.74. The molecule has 2 nitrogen and oxygen atoms in total. The van der Waals surface area contributed by atoms with Gasteiger partial charge in [-0.15, -0.1) is 0 Å². The minimum absolute atomic E-state index is 0.697. The lowest BCUT2D eigenvalue weighted by molar-refractivity contribution is -0.104. The molecular formula is C12H12O2. The van der Waals surface area contributed by atoms with Crippen molar-refractivity contribution in [2.45, 2.75) is 13.3 Å². The molecule has 2 rings (SSSR count). The molecule has 0 atom stereocenters. The van der Waals surface area contributed by atoms with Crippen LogP contribution in [0.2, 0.25) is 0 Å². The molecule has 0 spiro atoms. The van der Waals surface area contributed by atoms with E-state index in [-0.39, 0.29) is 0 Å². The van der Waals surface area contributed by atoms with E-state index in [1.807, 2.05) is 19.1 Å². The van der Waals surface area contributed by atoms with Crippen molar-refractivity contribution >= 4 is 12.4 Å².